The molecule has 2 aromatic rings. The van der Waals surface area contributed by atoms with Gasteiger partial charge in [0.1, 0.15) is 17.7 Å². The summed E-state index contributed by atoms with van der Waals surface area (Å²) in [6.45, 7) is 0. The number of nitro groups is 1. The van der Waals surface area contributed by atoms with Crippen molar-refractivity contribution >= 4 is 28.6 Å². The van der Waals surface area contributed by atoms with E-state index in [1.807, 2.05) is 0 Å². The number of benzene rings is 2. The Morgan fingerprint density at radius 3 is 1.92 bits per heavy atom. The van der Waals surface area contributed by atoms with Gasteiger partial charge in [-0.15, -0.1) is 0 Å². The van der Waals surface area contributed by atoms with Crippen molar-refractivity contribution in [2.75, 3.05) is 11.5 Å². The Balaban J connectivity index is 2.50. The lowest BCUT2D eigenvalue weighted by Crippen LogP contribution is -2.26. The van der Waals surface area contributed by atoms with E-state index in [4.69, 9.17) is 11.5 Å². The Hall–Kier alpha value is -4.24. The second-order valence-corrected chi connectivity index (χ2v) is 5.17. The number of fused-ring (bicyclic) bond motifs is 2. The number of nitrogen functional groups attached to an aromatic ring is 2. The van der Waals surface area contributed by atoms with Gasteiger partial charge in [-0.25, -0.2) is 0 Å². The first-order valence-corrected chi connectivity index (χ1v) is 6.77. The van der Waals surface area contributed by atoms with Crippen LogP contribution in [-0.4, -0.2) is 16.5 Å². The minimum absolute atomic E-state index is 0.202. The number of anilines is 2. The highest BCUT2D eigenvalue weighted by Crippen LogP contribution is 2.40. The Morgan fingerprint density at radius 2 is 1.44 bits per heavy atom. The summed E-state index contributed by atoms with van der Waals surface area (Å²) >= 11 is 0. The van der Waals surface area contributed by atoms with Crippen molar-refractivity contribution in [2.24, 2.45) is 0 Å². The van der Waals surface area contributed by atoms with Crippen molar-refractivity contribution in [3.8, 4) is 12.1 Å². The number of ketones is 2. The molecule has 0 spiro atoms. The second kappa shape index (κ2) is 5.15. The zero-order valence-corrected chi connectivity index (χ0v) is 12.4. The average Bonchev–Trinajstić information content (AvgIpc) is 2.59. The van der Waals surface area contributed by atoms with Gasteiger partial charge < -0.3 is 11.5 Å². The normalized spacial score (nSPS) is 11.9. The molecule has 9 nitrogen and oxygen atoms in total. The second-order valence-electron chi connectivity index (χ2n) is 5.17. The van der Waals surface area contributed by atoms with Crippen molar-refractivity contribution in [3.05, 3.63) is 61.7 Å². The predicted octanol–water partition coefficient (Wildman–Crippen LogP) is 1.28. The SMILES string of the molecule is N#Cc1c(N)c2c(c(N)c1C#N)C(=O)c1c(cccc1[N+](=O)[O-])C2=O. The molecule has 120 valence electrons. The molecule has 0 unspecified atom stereocenters. The number of carbonyl (C=O) groups excluding carboxylic acids is 2. The topological polar surface area (TPSA) is 177 Å². The molecule has 0 saturated heterocycles. The number of nitriles is 2. The molecular formula is C16H7N5O4. The van der Waals surface area contributed by atoms with Crippen LogP contribution in [0, 0.1) is 32.8 Å². The molecule has 2 aromatic carbocycles. The van der Waals surface area contributed by atoms with Crippen molar-refractivity contribution in [3.63, 3.8) is 0 Å². The van der Waals surface area contributed by atoms with Gasteiger partial charge in [-0.3, -0.25) is 19.7 Å². The first-order valence-electron chi connectivity index (χ1n) is 6.77. The van der Waals surface area contributed by atoms with Crippen LogP contribution >= 0.6 is 0 Å². The van der Waals surface area contributed by atoms with Crippen LogP contribution in [0.25, 0.3) is 0 Å². The molecule has 0 radical (unpaired) electrons. The number of nitro benzene ring substituents is 1. The van der Waals surface area contributed by atoms with Crippen LogP contribution in [0.4, 0.5) is 17.1 Å². The highest BCUT2D eigenvalue weighted by Gasteiger charge is 2.40. The predicted molar refractivity (Wildman–Crippen MR) is 84.7 cm³/mol. The Kier molecular flexibility index (Phi) is 3.22. The van der Waals surface area contributed by atoms with Gasteiger partial charge in [0.2, 0.25) is 5.78 Å². The number of hydrogen-bond donors (Lipinski definition) is 2. The van der Waals surface area contributed by atoms with E-state index in [-0.39, 0.29) is 33.5 Å². The standard InChI is InChI=1S/C16H7N5O4/c17-4-7-8(5-18)14(20)12-11(13(7)19)15(22)6-2-1-3-9(21(24)25)10(6)16(12)23/h1-3H,19-20H2. The van der Waals surface area contributed by atoms with E-state index in [1.54, 1.807) is 12.1 Å². The molecule has 0 fully saturated rings. The summed E-state index contributed by atoms with van der Waals surface area (Å²) in [5.74, 6) is -1.65. The van der Waals surface area contributed by atoms with Gasteiger partial charge in [0.05, 0.1) is 38.6 Å². The summed E-state index contributed by atoms with van der Waals surface area (Å²) in [7, 11) is 0. The van der Waals surface area contributed by atoms with Crippen molar-refractivity contribution in [2.45, 2.75) is 0 Å². The van der Waals surface area contributed by atoms with E-state index in [2.05, 4.69) is 0 Å². The molecule has 4 N–H and O–H groups in total. The van der Waals surface area contributed by atoms with Gasteiger partial charge in [0, 0.05) is 11.6 Å². The summed E-state index contributed by atoms with van der Waals surface area (Å²) in [6, 6.07) is 6.98. The van der Waals surface area contributed by atoms with E-state index >= 15 is 0 Å². The third kappa shape index (κ3) is 1.87. The number of nitrogens with zero attached hydrogens (tertiary/aromatic N) is 3. The van der Waals surface area contributed by atoms with Gasteiger partial charge >= 0.3 is 0 Å². The molecule has 0 aromatic heterocycles. The molecule has 25 heavy (non-hydrogen) atoms. The maximum absolute atomic E-state index is 12.8. The highest BCUT2D eigenvalue weighted by molar-refractivity contribution is 6.33. The smallest absolute Gasteiger partial charge is 0.281 e. The van der Waals surface area contributed by atoms with Crippen LogP contribution in [0.2, 0.25) is 0 Å². The van der Waals surface area contributed by atoms with Crippen LogP contribution in [0.1, 0.15) is 43.0 Å². The highest BCUT2D eigenvalue weighted by atomic mass is 16.6. The Morgan fingerprint density at radius 1 is 0.920 bits per heavy atom. The minimum atomic E-state index is -0.887. The molecule has 0 saturated carbocycles. The molecule has 0 amide bonds. The van der Waals surface area contributed by atoms with Gasteiger partial charge in [0.15, 0.2) is 5.78 Å². The molecule has 1 aliphatic rings. The summed E-state index contributed by atoms with van der Waals surface area (Å²) in [5.41, 5.74) is 8.38. The van der Waals surface area contributed by atoms with Gasteiger partial charge in [-0.05, 0) is 6.07 Å². The maximum atomic E-state index is 12.8. The van der Waals surface area contributed by atoms with Crippen LogP contribution in [0.3, 0.4) is 0 Å². The van der Waals surface area contributed by atoms with Crippen LogP contribution in [0.15, 0.2) is 18.2 Å². The zero-order valence-electron chi connectivity index (χ0n) is 12.4. The van der Waals surface area contributed by atoms with Crippen molar-refractivity contribution in [1.29, 1.82) is 10.5 Å². The van der Waals surface area contributed by atoms with E-state index in [0.717, 1.165) is 6.07 Å². The summed E-state index contributed by atoms with van der Waals surface area (Å²) in [6.07, 6.45) is 0. The first kappa shape index (κ1) is 15.6. The van der Waals surface area contributed by atoms with Gasteiger partial charge in [-0.2, -0.15) is 10.5 Å². The average molecular weight is 333 g/mol. The fraction of sp³-hybridized carbons (Fsp3) is 0. The minimum Gasteiger partial charge on any atom is -0.397 e. The lowest BCUT2D eigenvalue weighted by atomic mass is 9.79. The van der Waals surface area contributed by atoms with E-state index < -0.39 is 33.4 Å². The molecule has 0 heterocycles. The van der Waals surface area contributed by atoms with Crippen LogP contribution in [0.5, 0.6) is 0 Å². The first-order chi connectivity index (χ1) is 11.8. The van der Waals surface area contributed by atoms with E-state index in [1.165, 1.54) is 12.1 Å². The number of rotatable bonds is 1. The summed E-state index contributed by atoms with van der Waals surface area (Å²) in [4.78, 5) is 36.0. The third-order valence-electron chi connectivity index (χ3n) is 3.97. The Labute approximate surface area is 139 Å². The maximum Gasteiger partial charge on any atom is 0.281 e. The quantitative estimate of drug-likeness (QED) is 0.380. The summed E-state index contributed by atoms with van der Waals surface area (Å²) in [5, 5.41) is 29.6. The molecule has 3 rings (SSSR count). The number of hydrogen-bond acceptors (Lipinski definition) is 8. The lowest BCUT2D eigenvalue weighted by Gasteiger charge is -2.21. The van der Waals surface area contributed by atoms with Crippen LogP contribution < -0.4 is 11.5 Å². The summed E-state index contributed by atoms with van der Waals surface area (Å²) < 4.78 is 0. The van der Waals surface area contributed by atoms with E-state index in [9.17, 15) is 30.2 Å². The fourth-order valence-corrected chi connectivity index (χ4v) is 2.87. The molecule has 0 bridgehead atoms. The largest absolute Gasteiger partial charge is 0.397 e. The van der Waals surface area contributed by atoms with Gasteiger partial charge in [-0.1, -0.05) is 6.07 Å². The zero-order chi connectivity index (χ0) is 18.5. The number of nitrogens with two attached hydrogens (primary N) is 2. The monoisotopic (exact) mass is 333 g/mol. The molecule has 0 aliphatic heterocycles. The molecular weight excluding hydrogens is 326 g/mol. The Bertz CT molecular complexity index is 1110. The molecule has 9 heteroatoms. The molecule has 1 aliphatic carbocycles. The van der Waals surface area contributed by atoms with E-state index in [0.29, 0.717) is 0 Å². The molecule has 0 atom stereocenters. The van der Waals surface area contributed by atoms with Crippen molar-refractivity contribution < 1.29 is 14.5 Å². The van der Waals surface area contributed by atoms with Gasteiger partial charge in [0.25, 0.3) is 5.69 Å². The number of carbonyl (C=O) groups is 2. The van der Waals surface area contributed by atoms with Crippen molar-refractivity contribution in [1.82, 2.24) is 0 Å². The lowest BCUT2D eigenvalue weighted by molar-refractivity contribution is -0.385. The van der Waals surface area contributed by atoms with Crippen LogP contribution in [-0.2, 0) is 0 Å². The fourth-order valence-electron chi connectivity index (χ4n) is 2.87. The third-order valence-corrected chi connectivity index (χ3v) is 3.97.